The maximum atomic E-state index is 12.1. The number of thiophene rings is 1. The first-order valence-electron chi connectivity index (χ1n) is 7.30. The lowest BCUT2D eigenvalue weighted by Crippen LogP contribution is -2.11. The van der Waals surface area contributed by atoms with Gasteiger partial charge >= 0.3 is 5.97 Å². The minimum atomic E-state index is -0.450. The second-order valence-electron chi connectivity index (χ2n) is 4.82. The molecule has 0 spiro atoms. The third kappa shape index (κ3) is 3.57. The minimum Gasteiger partial charge on any atom is -0.462 e. The summed E-state index contributed by atoms with van der Waals surface area (Å²) in [7, 11) is 0. The van der Waals surface area contributed by atoms with Crippen LogP contribution >= 0.6 is 11.3 Å². The Labute approximate surface area is 142 Å². The topological polar surface area (TPSA) is 73.9 Å². The van der Waals surface area contributed by atoms with E-state index >= 15 is 0 Å². The molecule has 1 amide bonds. The van der Waals surface area contributed by atoms with Crippen molar-refractivity contribution in [3.8, 4) is 11.5 Å². The van der Waals surface area contributed by atoms with Gasteiger partial charge in [0.2, 0.25) is 12.7 Å². The predicted molar refractivity (Wildman–Crippen MR) is 90.5 cm³/mol. The maximum absolute atomic E-state index is 12.1. The molecule has 0 unspecified atom stereocenters. The fourth-order valence-corrected chi connectivity index (χ4v) is 2.90. The highest BCUT2D eigenvalue weighted by molar-refractivity contribution is 7.14. The highest BCUT2D eigenvalue weighted by Gasteiger charge is 2.15. The minimum absolute atomic E-state index is 0.206. The molecule has 1 aliphatic rings. The monoisotopic (exact) mass is 345 g/mol. The number of carbonyl (C=O) groups excluding carboxylic acids is 2. The van der Waals surface area contributed by atoms with E-state index in [2.05, 4.69) is 5.32 Å². The molecular formula is C17H15NO5S. The first-order valence-corrected chi connectivity index (χ1v) is 8.18. The molecule has 24 heavy (non-hydrogen) atoms. The number of benzene rings is 1. The van der Waals surface area contributed by atoms with Crippen molar-refractivity contribution < 1.29 is 23.8 Å². The van der Waals surface area contributed by atoms with Crippen molar-refractivity contribution in [2.45, 2.75) is 6.92 Å². The summed E-state index contributed by atoms with van der Waals surface area (Å²) in [6.45, 7) is 2.22. The van der Waals surface area contributed by atoms with E-state index in [1.165, 1.54) is 17.4 Å². The number of rotatable bonds is 5. The predicted octanol–water partition coefficient (Wildman–Crippen LogP) is 3.31. The molecule has 2 heterocycles. The second-order valence-corrected chi connectivity index (χ2v) is 5.74. The Hall–Kier alpha value is -2.80. The number of ether oxygens (including phenoxy) is 3. The third-order valence-corrected chi connectivity index (χ3v) is 4.05. The van der Waals surface area contributed by atoms with Crippen LogP contribution in [0.15, 0.2) is 35.7 Å². The van der Waals surface area contributed by atoms with Crippen LogP contribution in [-0.4, -0.2) is 25.3 Å². The van der Waals surface area contributed by atoms with Crippen LogP contribution in [0.1, 0.15) is 22.8 Å². The molecule has 0 saturated carbocycles. The molecule has 1 N–H and O–H groups in total. The molecule has 124 valence electrons. The number of nitrogens with one attached hydrogen (secondary N) is 1. The van der Waals surface area contributed by atoms with Crippen LogP contribution in [0.5, 0.6) is 11.5 Å². The number of amides is 1. The Morgan fingerprint density at radius 2 is 2.12 bits per heavy atom. The molecule has 1 aliphatic heterocycles. The van der Waals surface area contributed by atoms with Gasteiger partial charge in [-0.25, -0.2) is 4.79 Å². The molecule has 7 heteroatoms. The van der Waals surface area contributed by atoms with Crippen LogP contribution in [0.3, 0.4) is 0 Å². The van der Waals surface area contributed by atoms with Crippen LogP contribution in [0.4, 0.5) is 5.00 Å². The summed E-state index contributed by atoms with van der Waals surface area (Å²) in [4.78, 5) is 23.8. The van der Waals surface area contributed by atoms with Gasteiger partial charge in [0.25, 0.3) is 0 Å². The smallest absolute Gasteiger partial charge is 0.341 e. The fourth-order valence-electron chi connectivity index (χ4n) is 2.12. The van der Waals surface area contributed by atoms with Gasteiger partial charge in [-0.1, -0.05) is 6.07 Å². The standard InChI is InChI=1S/C17H15NO5S/c1-2-21-17(20)12-7-8-24-16(12)18-15(19)6-4-11-3-5-13-14(9-11)23-10-22-13/h3-9H,2,10H2,1H3,(H,18,19)/b6-4+. The number of carbonyl (C=O) groups is 2. The highest BCUT2D eigenvalue weighted by atomic mass is 32.1. The average molecular weight is 345 g/mol. The molecule has 0 aliphatic carbocycles. The molecular weight excluding hydrogens is 330 g/mol. The van der Waals surface area contributed by atoms with Crippen LogP contribution in [0, 0.1) is 0 Å². The molecule has 0 radical (unpaired) electrons. The van der Waals surface area contributed by atoms with Gasteiger partial charge in [0.1, 0.15) is 5.00 Å². The molecule has 0 bridgehead atoms. The van der Waals surface area contributed by atoms with Gasteiger partial charge in [-0.15, -0.1) is 11.3 Å². The number of hydrogen-bond donors (Lipinski definition) is 1. The summed E-state index contributed by atoms with van der Waals surface area (Å²) in [5.74, 6) is 0.559. The summed E-state index contributed by atoms with van der Waals surface area (Å²) < 4.78 is 15.5. The van der Waals surface area contributed by atoms with Crippen LogP contribution in [0.25, 0.3) is 6.08 Å². The second kappa shape index (κ2) is 7.18. The lowest BCUT2D eigenvalue weighted by atomic mass is 10.2. The lowest BCUT2D eigenvalue weighted by Gasteiger charge is -2.04. The Kier molecular flexibility index (Phi) is 4.81. The normalized spacial score (nSPS) is 12.4. The SMILES string of the molecule is CCOC(=O)c1ccsc1NC(=O)/C=C/c1ccc2c(c1)OCO2. The summed E-state index contributed by atoms with van der Waals surface area (Å²) in [6.07, 6.45) is 3.06. The van der Waals surface area contributed by atoms with Gasteiger partial charge < -0.3 is 19.5 Å². The van der Waals surface area contributed by atoms with E-state index in [9.17, 15) is 9.59 Å². The van der Waals surface area contributed by atoms with E-state index in [1.807, 2.05) is 6.07 Å². The van der Waals surface area contributed by atoms with E-state index in [4.69, 9.17) is 14.2 Å². The van der Waals surface area contributed by atoms with Crippen LogP contribution in [-0.2, 0) is 9.53 Å². The van der Waals surface area contributed by atoms with E-state index < -0.39 is 5.97 Å². The number of anilines is 1. The van der Waals surface area contributed by atoms with Crippen LogP contribution in [0.2, 0.25) is 0 Å². The Balaban J connectivity index is 1.66. The number of esters is 1. The van der Waals surface area contributed by atoms with E-state index in [-0.39, 0.29) is 19.3 Å². The van der Waals surface area contributed by atoms with Gasteiger partial charge in [-0.3, -0.25) is 4.79 Å². The van der Waals surface area contributed by atoms with Gasteiger partial charge in [0, 0.05) is 6.08 Å². The van der Waals surface area contributed by atoms with Gasteiger partial charge in [0.05, 0.1) is 12.2 Å². The Morgan fingerprint density at radius 3 is 2.96 bits per heavy atom. The first kappa shape index (κ1) is 16.1. The Morgan fingerprint density at radius 1 is 1.29 bits per heavy atom. The van der Waals surface area contributed by atoms with Crippen molar-refractivity contribution >= 4 is 34.3 Å². The molecule has 1 aromatic carbocycles. The largest absolute Gasteiger partial charge is 0.462 e. The van der Waals surface area contributed by atoms with Crippen molar-refractivity contribution in [3.63, 3.8) is 0 Å². The first-order chi connectivity index (χ1) is 11.7. The molecule has 3 rings (SSSR count). The molecule has 0 atom stereocenters. The number of fused-ring (bicyclic) bond motifs is 1. The summed E-state index contributed by atoms with van der Waals surface area (Å²) in [5, 5.41) is 4.88. The summed E-state index contributed by atoms with van der Waals surface area (Å²) in [6, 6.07) is 7.03. The van der Waals surface area contributed by atoms with E-state index in [0.717, 1.165) is 5.56 Å². The zero-order valence-electron chi connectivity index (χ0n) is 12.9. The molecule has 2 aromatic rings. The van der Waals surface area contributed by atoms with Gasteiger partial charge in [-0.05, 0) is 42.1 Å². The summed E-state index contributed by atoms with van der Waals surface area (Å²) >= 11 is 1.27. The van der Waals surface area contributed by atoms with Crippen molar-refractivity contribution in [1.82, 2.24) is 0 Å². The zero-order valence-corrected chi connectivity index (χ0v) is 13.7. The fraction of sp³-hybridized carbons (Fsp3) is 0.176. The highest BCUT2D eigenvalue weighted by Crippen LogP contribution is 2.32. The maximum Gasteiger partial charge on any atom is 0.341 e. The van der Waals surface area contributed by atoms with Crippen molar-refractivity contribution in [3.05, 3.63) is 46.8 Å². The zero-order chi connectivity index (χ0) is 16.9. The third-order valence-electron chi connectivity index (χ3n) is 3.22. The number of hydrogen-bond acceptors (Lipinski definition) is 6. The summed E-state index contributed by atoms with van der Waals surface area (Å²) in [5.41, 5.74) is 1.16. The van der Waals surface area contributed by atoms with E-state index in [1.54, 1.807) is 36.6 Å². The van der Waals surface area contributed by atoms with Crippen LogP contribution < -0.4 is 14.8 Å². The molecule has 0 fully saturated rings. The lowest BCUT2D eigenvalue weighted by molar-refractivity contribution is -0.111. The van der Waals surface area contributed by atoms with Gasteiger partial charge in [0.15, 0.2) is 11.5 Å². The van der Waals surface area contributed by atoms with Crippen molar-refractivity contribution in [2.24, 2.45) is 0 Å². The Bertz CT molecular complexity index is 796. The van der Waals surface area contributed by atoms with Gasteiger partial charge in [-0.2, -0.15) is 0 Å². The van der Waals surface area contributed by atoms with Crippen molar-refractivity contribution in [2.75, 3.05) is 18.7 Å². The van der Waals surface area contributed by atoms with E-state index in [0.29, 0.717) is 22.1 Å². The molecule has 1 aromatic heterocycles. The molecule has 6 nitrogen and oxygen atoms in total. The average Bonchev–Trinajstić information content (AvgIpc) is 3.21. The quantitative estimate of drug-likeness (QED) is 0.665. The van der Waals surface area contributed by atoms with Crippen molar-refractivity contribution in [1.29, 1.82) is 0 Å². The molecule has 0 saturated heterocycles.